The number of aromatic nitrogens is 3. The van der Waals surface area contributed by atoms with Crippen molar-refractivity contribution >= 4 is 21.5 Å². The number of rotatable bonds is 5. The van der Waals surface area contributed by atoms with Crippen LogP contribution in [0.1, 0.15) is 0 Å². The van der Waals surface area contributed by atoms with Gasteiger partial charge in [0, 0.05) is 16.7 Å². The molecule has 0 saturated carbocycles. The fourth-order valence-corrected chi connectivity index (χ4v) is 5.62. The molecule has 0 radical (unpaired) electrons. The van der Waals surface area contributed by atoms with Gasteiger partial charge in [-0.05, 0) is 74.1 Å². The van der Waals surface area contributed by atoms with Crippen molar-refractivity contribution in [2.45, 2.75) is 0 Å². The van der Waals surface area contributed by atoms with Crippen molar-refractivity contribution in [2.75, 3.05) is 0 Å². The predicted octanol–water partition coefficient (Wildman–Crippen LogP) is 9.29. The van der Waals surface area contributed by atoms with Crippen molar-refractivity contribution in [3.05, 3.63) is 128 Å². The minimum atomic E-state index is 0.553. The summed E-state index contributed by atoms with van der Waals surface area (Å²) in [6.07, 6.45) is 9.80. The van der Waals surface area contributed by atoms with Crippen LogP contribution in [0.5, 0.6) is 0 Å². The van der Waals surface area contributed by atoms with E-state index in [4.69, 9.17) is 13.3 Å². The second-order valence-electron chi connectivity index (χ2n) is 9.73. The Labute approximate surface area is 234 Å². The summed E-state index contributed by atoms with van der Waals surface area (Å²) >= 11 is 0. The maximum absolute atomic E-state index is 5.80. The van der Waals surface area contributed by atoms with E-state index in [9.17, 15) is 0 Å². The van der Waals surface area contributed by atoms with Crippen LogP contribution in [0, 0.1) is 0 Å². The van der Waals surface area contributed by atoms with Crippen LogP contribution in [0.3, 0.4) is 0 Å². The highest BCUT2D eigenvalue weighted by atomic mass is 16.3. The van der Waals surface area contributed by atoms with Crippen molar-refractivity contribution in [2.24, 2.45) is 0 Å². The summed E-state index contributed by atoms with van der Waals surface area (Å²) in [5.41, 5.74) is 6.90. The van der Waals surface area contributed by atoms with E-state index < -0.39 is 0 Å². The third-order valence-electron chi connectivity index (χ3n) is 7.39. The number of fused-ring (bicyclic) bond motifs is 2. The largest absolute Gasteiger partial charge is 0.445 e. The van der Waals surface area contributed by atoms with E-state index in [1.54, 1.807) is 37.4 Å². The molecule has 0 saturated heterocycles. The van der Waals surface area contributed by atoms with E-state index in [0.717, 1.165) is 60.5 Å². The van der Waals surface area contributed by atoms with Crippen molar-refractivity contribution in [3.8, 4) is 56.6 Å². The van der Waals surface area contributed by atoms with Gasteiger partial charge in [0.2, 0.25) is 17.7 Å². The van der Waals surface area contributed by atoms with Crippen LogP contribution >= 0.6 is 0 Å². The van der Waals surface area contributed by atoms with Crippen molar-refractivity contribution in [1.29, 1.82) is 0 Å². The van der Waals surface area contributed by atoms with Crippen LogP contribution in [-0.2, 0) is 0 Å². The van der Waals surface area contributed by atoms with Gasteiger partial charge in [-0.1, -0.05) is 60.7 Å². The highest BCUT2D eigenvalue weighted by Crippen LogP contribution is 2.43. The smallest absolute Gasteiger partial charge is 0.226 e. The molecule has 0 amide bonds. The maximum Gasteiger partial charge on any atom is 0.226 e. The summed E-state index contributed by atoms with van der Waals surface area (Å²) < 4.78 is 17.2. The second-order valence-corrected chi connectivity index (χ2v) is 9.73. The third kappa shape index (κ3) is 3.93. The predicted molar refractivity (Wildman–Crippen MR) is 159 cm³/mol. The Morgan fingerprint density at radius 1 is 0.390 bits per heavy atom. The van der Waals surface area contributed by atoms with E-state index in [0.29, 0.717) is 17.7 Å². The summed E-state index contributed by atoms with van der Waals surface area (Å²) in [5, 5.41) is 4.37. The topological polar surface area (TPSA) is 78.1 Å². The van der Waals surface area contributed by atoms with Crippen molar-refractivity contribution in [3.63, 3.8) is 0 Å². The number of hydrogen-bond acceptors (Lipinski definition) is 6. The van der Waals surface area contributed by atoms with Crippen LogP contribution < -0.4 is 0 Å². The number of oxazole rings is 3. The molecule has 3 heterocycles. The molecule has 6 nitrogen and oxygen atoms in total. The molecule has 0 aliphatic carbocycles. The summed E-state index contributed by atoms with van der Waals surface area (Å²) in [6.45, 7) is 0. The summed E-state index contributed by atoms with van der Waals surface area (Å²) in [5.74, 6) is 1.70. The SMILES string of the molecule is c1ccc(-c2cccc3c(-c4cc(-c5ncco5)cc5ccccc45)cc(-c4ncco4)cc23)c(-c2ncco2)c1. The summed E-state index contributed by atoms with van der Waals surface area (Å²) in [4.78, 5) is 13.4. The lowest BCUT2D eigenvalue weighted by Crippen LogP contribution is -1.92. The van der Waals surface area contributed by atoms with E-state index >= 15 is 0 Å². The van der Waals surface area contributed by atoms with Gasteiger partial charge in [-0.2, -0.15) is 0 Å². The molecular weight excluding hydrogens is 510 g/mol. The molecule has 0 aliphatic heterocycles. The molecule has 3 aromatic heterocycles. The Morgan fingerprint density at radius 3 is 1.66 bits per heavy atom. The minimum absolute atomic E-state index is 0.553. The molecule has 6 heteroatoms. The standard InChI is InChI=1S/C35H21N3O3/c1-2-7-25-22(6-1)18-23(33-36-12-15-39-33)19-30(25)32-21-24(34-37-13-16-40-34)20-31-27(10-5-11-28(31)32)26-8-3-4-9-29(26)35-38-14-17-41-35/h1-21H. The Morgan fingerprint density at radius 2 is 0.951 bits per heavy atom. The molecular formula is C35H21N3O3. The van der Waals surface area contributed by atoms with Gasteiger partial charge in [0.15, 0.2) is 0 Å². The molecule has 8 rings (SSSR count). The van der Waals surface area contributed by atoms with Gasteiger partial charge < -0.3 is 13.3 Å². The number of nitrogens with zero attached hydrogens (tertiary/aromatic N) is 3. The molecule has 194 valence electrons. The first-order valence-electron chi connectivity index (χ1n) is 13.2. The normalized spacial score (nSPS) is 11.4. The van der Waals surface area contributed by atoms with Gasteiger partial charge in [0.05, 0.1) is 18.6 Å². The van der Waals surface area contributed by atoms with Crippen LogP contribution in [0.15, 0.2) is 142 Å². The molecule has 0 bridgehead atoms. The Hall–Kier alpha value is -5.75. The second kappa shape index (κ2) is 9.47. The monoisotopic (exact) mass is 531 g/mol. The molecule has 8 aromatic rings. The highest BCUT2D eigenvalue weighted by Gasteiger charge is 2.19. The quantitative estimate of drug-likeness (QED) is 0.220. The zero-order valence-corrected chi connectivity index (χ0v) is 21.7. The molecule has 0 unspecified atom stereocenters. The van der Waals surface area contributed by atoms with Gasteiger partial charge in [-0.25, -0.2) is 15.0 Å². The first kappa shape index (κ1) is 23.2. The Balaban J connectivity index is 1.47. The molecule has 0 N–H and O–H groups in total. The van der Waals surface area contributed by atoms with E-state index in [1.807, 2.05) is 24.3 Å². The van der Waals surface area contributed by atoms with Crippen LogP contribution in [-0.4, -0.2) is 15.0 Å². The lowest BCUT2D eigenvalue weighted by molar-refractivity contribution is 0.574. The maximum atomic E-state index is 5.80. The van der Waals surface area contributed by atoms with E-state index in [-0.39, 0.29) is 0 Å². The summed E-state index contributed by atoms with van der Waals surface area (Å²) in [7, 11) is 0. The van der Waals surface area contributed by atoms with E-state index in [2.05, 4.69) is 81.7 Å². The Bertz CT molecular complexity index is 2150. The van der Waals surface area contributed by atoms with Gasteiger partial charge in [0.25, 0.3) is 0 Å². The van der Waals surface area contributed by atoms with Gasteiger partial charge in [0.1, 0.15) is 18.8 Å². The van der Waals surface area contributed by atoms with Crippen molar-refractivity contribution < 1.29 is 13.3 Å². The fraction of sp³-hybridized carbons (Fsp3) is 0. The van der Waals surface area contributed by atoms with Crippen LogP contribution in [0.4, 0.5) is 0 Å². The number of hydrogen-bond donors (Lipinski definition) is 0. The molecule has 0 aliphatic rings. The van der Waals surface area contributed by atoms with Gasteiger partial charge in [-0.3, -0.25) is 0 Å². The highest BCUT2D eigenvalue weighted by molar-refractivity contribution is 6.12. The first-order chi connectivity index (χ1) is 20.3. The third-order valence-corrected chi connectivity index (χ3v) is 7.39. The minimum Gasteiger partial charge on any atom is -0.445 e. The lowest BCUT2D eigenvalue weighted by Gasteiger charge is -2.16. The summed E-state index contributed by atoms with van der Waals surface area (Å²) in [6, 6.07) is 31.5. The molecule has 0 spiro atoms. The average molecular weight is 532 g/mol. The number of benzene rings is 5. The fourth-order valence-electron chi connectivity index (χ4n) is 5.62. The van der Waals surface area contributed by atoms with Crippen LogP contribution in [0.25, 0.3) is 78.2 Å². The first-order valence-corrected chi connectivity index (χ1v) is 13.2. The zero-order valence-electron chi connectivity index (χ0n) is 21.7. The van der Waals surface area contributed by atoms with E-state index in [1.165, 1.54) is 0 Å². The molecule has 0 fully saturated rings. The zero-order chi connectivity index (χ0) is 27.2. The van der Waals surface area contributed by atoms with Crippen LogP contribution in [0.2, 0.25) is 0 Å². The van der Waals surface area contributed by atoms with Gasteiger partial charge in [-0.15, -0.1) is 0 Å². The van der Waals surface area contributed by atoms with Crippen molar-refractivity contribution in [1.82, 2.24) is 15.0 Å². The average Bonchev–Trinajstić information content (AvgIpc) is 3.84. The molecule has 0 atom stereocenters. The van der Waals surface area contributed by atoms with Gasteiger partial charge >= 0.3 is 0 Å². The lowest BCUT2D eigenvalue weighted by atomic mass is 9.87. The Kier molecular flexibility index (Phi) is 5.35. The molecule has 41 heavy (non-hydrogen) atoms. The molecule has 5 aromatic carbocycles.